The zero-order chi connectivity index (χ0) is 44.0. The Morgan fingerprint density at radius 3 is 2.81 bits per heavy atom. The molecule has 2 saturated heterocycles. The molecule has 2 fully saturated rings. The quantitative estimate of drug-likeness (QED) is 0.227. The van der Waals surface area contributed by atoms with Gasteiger partial charge in [-0.25, -0.2) is 18.0 Å². The molecule has 14 heteroatoms. The summed E-state index contributed by atoms with van der Waals surface area (Å²) in [6.07, 6.45) is -7.54. The van der Waals surface area contributed by atoms with Gasteiger partial charge >= 0.3 is 12.2 Å². The van der Waals surface area contributed by atoms with Crippen LogP contribution in [-0.4, -0.2) is 87.3 Å². The van der Waals surface area contributed by atoms with Crippen molar-refractivity contribution in [3.8, 4) is 0 Å². The van der Waals surface area contributed by atoms with Gasteiger partial charge in [0.25, 0.3) is 0 Å². The molecule has 0 bridgehead atoms. The number of ether oxygens (including phenoxy) is 4. The maximum Gasteiger partial charge on any atom is 0.407 e. The maximum absolute atomic E-state index is 14.7. The first-order valence-electron chi connectivity index (χ1n) is 20.7. The summed E-state index contributed by atoms with van der Waals surface area (Å²) in [5.74, 6) is -5.28. The summed E-state index contributed by atoms with van der Waals surface area (Å²) in [7, 11) is -5.50. The highest BCUT2D eigenvalue weighted by Gasteiger charge is 2.44. The van der Waals surface area contributed by atoms with Gasteiger partial charge in [-0.3, -0.25) is 0 Å². The number of benzene rings is 2. The second kappa shape index (κ2) is 15.5. The van der Waals surface area contributed by atoms with E-state index in [-0.39, 0.29) is 53.4 Å². The van der Waals surface area contributed by atoms with E-state index in [9.17, 15) is 23.1 Å². The fourth-order valence-electron chi connectivity index (χ4n) is 5.12. The lowest BCUT2D eigenvalue weighted by Crippen LogP contribution is -2.51. The minimum atomic E-state index is -5.50. The van der Waals surface area contributed by atoms with E-state index >= 15 is 0 Å². The van der Waals surface area contributed by atoms with Crippen molar-refractivity contribution in [2.45, 2.75) is 69.4 Å². The molecule has 13 nitrogen and oxygen atoms in total. The number of hydrogen-bond acceptors (Lipinski definition) is 10. The number of nitrogens with one attached hydrogen (secondary N) is 2. The van der Waals surface area contributed by atoms with Crippen molar-refractivity contribution in [3.63, 3.8) is 0 Å². The van der Waals surface area contributed by atoms with Gasteiger partial charge in [-0.1, -0.05) is 44.0 Å². The molecule has 0 spiro atoms. The van der Waals surface area contributed by atoms with Gasteiger partial charge in [-0.15, -0.1) is 0 Å². The largest absolute Gasteiger partial charge is 0.464 e. The van der Waals surface area contributed by atoms with Crippen molar-refractivity contribution < 1.29 is 62.9 Å². The Kier molecular flexibility index (Phi) is 7.26. The van der Waals surface area contributed by atoms with Crippen LogP contribution in [0.2, 0.25) is 0 Å². The number of sulfonamides is 1. The molecule has 3 heterocycles. The molecule has 0 aliphatic carbocycles. The monoisotopic (exact) mass is 685 g/mol. The van der Waals surface area contributed by atoms with Crippen LogP contribution in [-0.2, 0) is 41.9 Å². The van der Waals surface area contributed by atoms with Crippen LogP contribution in [0.5, 0.6) is 0 Å². The van der Waals surface area contributed by atoms with E-state index in [1.165, 1.54) is 6.26 Å². The number of nitrogens with zero attached hydrogens (tertiary/aromatic N) is 1. The van der Waals surface area contributed by atoms with Crippen LogP contribution in [0.15, 0.2) is 64.1 Å². The predicted octanol–water partition coefficient (Wildman–Crippen LogP) is 3.79. The van der Waals surface area contributed by atoms with Gasteiger partial charge in [0.1, 0.15) is 11.7 Å². The Morgan fingerprint density at radius 1 is 1.23 bits per heavy atom. The average molecular weight is 686 g/mol. The summed E-state index contributed by atoms with van der Waals surface area (Å²) >= 11 is 0. The number of hydrogen-bond donors (Lipinski definition) is 3. The van der Waals surface area contributed by atoms with Crippen LogP contribution in [0.25, 0.3) is 11.0 Å². The third-order valence-electron chi connectivity index (χ3n) is 7.42. The molecule has 0 saturated carbocycles. The van der Waals surface area contributed by atoms with Crippen LogP contribution < -0.4 is 10.6 Å². The average Bonchev–Trinajstić information content (AvgIpc) is 3.82. The number of fused-ring (bicyclic) bond motifs is 2. The summed E-state index contributed by atoms with van der Waals surface area (Å²) in [6.45, 7) is -15.2. The highest BCUT2D eigenvalue weighted by atomic mass is 32.2. The number of rotatable bonds is 14. The van der Waals surface area contributed by atoms with Crippen molar-refractivity contribution in [2.75, 3.05) is 32.8 Å². The lowest BCUT2D eigenvalue weighted by molar-refractivity contribution is -0.0907. The van der Waals surface area contributed by atoms with Crippen LogP contribution in [0.4, 0.5) is 9.59 Å². The number of carbonyl (C=O) groups is 2. The highest BCUT2D eigenvalue weighted by Crippen LogP contribution is 2.33. The molecule has 2 aliphatic rings. The van der Waals surface area contributed by atoms with Crippen LogP contribution in [0.1, 0.15) is 54.6 Å². The summed E-state index contributed by atoms with van der Waals surface area (Å²) in [6, 6.07) is 9.26. The fourth-order valence-corrected chi connectivity index (χ4v) is 6.44. The molecule has 3 aromatic rings. The van der Waals surface area contributed by atoms with Gasteiger partial charge in [0.2, 0.25) is 10.0 Å². The molecule has 2 aromatic carbocycles. The zero-order valence-electron chi connectivity index (χ0n) is 37.2. The molecule has 5 atom stereocenters. The SMILES string of the molecule is [2H]C([2H])([2H])C([2H])(C([2H])([2H])[2H])C([2H])([2H])N(C[C@@H](O)[C@H](Cc1ccccc1)NC(=O)O[C@]1([2H])[C@@H]2CCO[C@@H]2OC1([2H])[2H])S(=O)(=O)c1ccc2occ(CNC(=O)OCC)c2c1. The molecule has 2 aliphatic heterocycles. The zero-order valence-corrected chi connectivity index (χ0v) is 26.0. The smallest absolute Gasteiger partial charge is 0.407 e. The molecule has 2 amide bonds. The Balaban J connectivity index is 1.58. The van der Waals surface area contributed by atoms with E-state index in [0.29, 0.717) is 5.56 Å². The summed E-state index contributed by atoms with van der Waals surface area (Å²) in [5, 5.41) is 16.6. The van der Waals surface area contributed by atoms with E-state index in [4.69, 9.17) is 39.8 Å². The minimum Gasteiger partial charge on any atom is -0.464 e. The molecule has 0 radical (unpaired) electrons. The van der Waals surface area contributed by atoms with Crippen molar-refractivity contribution in [3.05, 3.63) is 65.9 Å². The third-order valence-corrected chi connectivity index (χ3v) is 9.09. The Labute approximate surface area is 291 Å². The topological polar surface area (TPSA) is 166 Å². The van der Waals surface area contributed by atoms with E-state index in [0.717, 1.165) is 18.2 Å². The van der Waals surface area contributed by atoms with Crippen molar-refractivity contribution in [2.24, 2.45) is 11.8 Å². The standard InChI is InChI=1S/C33H43N3O10S/c1-4-42-32(38)34-16-23-19-44-29-11-10-24(15-26(23)29)47(40,41)36(17-21(2)3)18-28(37)27(14-22-8-6-5-7-9-22)35-33(39)46-30-20-45-31-25(30)12-13-43-31/h5-11,15,19,21,25,27-28,30-31,37H,4,12-14,16-18,20H2,1-3H3,(H,34,38)(H,35,39)/t25-,27-,28+,30-,31+/m0/s1/i2D3,3D3,17D2,20D2,21D,30D. The Bertz CT molecular complexity index is 2090. The first-order chi connectivity index (χ1) is 27.2. The van der Waals surface area contributed by atoms with Gasteiger partial charge in [0.15, 0.2) is 6.29 Å². The first-order valence-corrected chi connectivity index (χ1v) is 16.1. The number of aliphatic hydroxyl groups is 1. The van der Waals surface area contributed by atoms with Gasteiger partial charge in [-0.2, -0.15) is 4.31 Å². The van der Waals surface area contributed by atoms with Crippen LogP contribution in [0, 0.1) is 11.8 Å². The van der Waals surface area contributed by atoms with Gasteiger partial charge in [0.05, 0.1) is 53.1 Å². The predicted molar refractivity (Wildman–Crippen MR) is 171 cm³/mol. The third kappa shape index (κ3) is 8.62. The molecule has 5 rings (SSSR count). The van der Waals surface area contributed by atoms with Crippen molar-refractivity contribution in [1.29, 1.82) is 0 Å². The molecule has 3 N–H and O–H groups in total. The maximum atomic E-state index is 14.7. The lowest BCUT2D eigenvalue weighted by atomic mass is 10.0. The van der Waals surface area contributed by atoms with E-state index in [1.807, 2.05) is 0 Å². The normalized spacial score (nSPS) is 28.1. The van der Waals surface area contributed by atoms with E-state index in [2.05, 4.69) is 10.6 Å². The number of aliphatic hydroxyl groups excluding tert-OH is 1. The van der Waals surface area contributed by atoms with Crippen LogP contribution in [0.3, 0.4) is 0 Å². The van der Waals surface area contributed by atoms with Crippen molar-refractivity contribution >= 4 is 33.2 Å². The van der Waals surface area contributed by atoms with Gasteiger partial charge in [0, 0.05) is 42.9 Å². The van der Waals surface area contributed by atoms with Crippen molar-refractivity contribution in [1.82, 2.24) is 14.9 Å². The molecule has 47 heavy (non-hydrogen) atoms. The molecular formula is C33H43N3O10S. The molecule has 256 valence electrons. The minimum absolute atomic E-state index is 0.0459. The van der Waals surface area contributed by atoms with Gasteiger partial charge < -0.3 is 39.1 Å². The van der Waals surface area contributed by atoms with E-state index < -0.39 is 96.7 Å². The molecular weight excluding hydrogens is 630 g/mol. The summed E-state index contributed by atoms with van der Waals surface area (Å²) in [5.41, 5.74) is 0.696. The molecule has 0 unspecified atom stereocenters. The lowest BCUT2D eigenvalue weighted by Gasteiger charge is -2.31. The van der Waals surface area contributed by atoms with Crippen LogP contribution >= 0.6 is 0 Å². The highest BCUT2D eigenvalue weighted by molar-refractivity contribution is 7.89. The second-order valence-corrected chi connectivity index (χ2v) is 12.5. The van der Waals surface area contributed by atoms with Gasteiger partial charge in [-0.05, 0) is 49.4 Å². The number of carbonyl (C=O) groups excluding carboxylic acids is 2. The Hall–Kier alpha value is -3.69. The summed E-state index contributed by atoms with van der Waals surface area (Å²) in [4.78, 5) is 24.7. The molecule has 1 aromatic heterocycles. The Morgan fingerprint density at radius 2 is 2.04 bits per heavy atom. The number of amides is 2. The number of furan rings is 1. The van der Waals surface area contributed by atoms with E-state index in [1.54, 1.807) is 37.3 Å². The second-order valence-electron chi connectivity index (χ2n) is 10.6. The number of alkyl carbamates (subject to hydrolysis) is 2. The fraction of sp³-hybridized carbons (Fsp3) is 0.515. The first kappa shape index (κ1) is 22.0. The summed E-state index contributed by atoms with van der Waals surface area (Å²) < 4.78 is 155.